The summed E-state index contributed by atoms with van der Waals surface area (Å²) >= 11 is 0. The molecule has 12 nitrogen and oxygen atoms in total. The molecule has 1 aromatic rings. The van der Waals surface area contributed by atoms with E-state index in [4.69, 9.17) is 9.47 Å². The highest BCUT2D eigenvalue weighted by Gasteiger charge is 2.43. The molecule has 12 heteroatoms. The van der Waals surface area contributed by atoms with E-state index in [0.717, 1.165) is 12.0 Å². The maximum Gasteiger partial charge on any atom is 0.326 e. The van der Waals surface area contributed by atoms with Gasteiger partial charge in [-0.3, -0.25) is 19.2 Å². The van der Waals surface area contributed by atoms with Gasteiger partial charge in [-0.1, -0.05) is 92.1 Å². The van der Waals surface area contributed by atoms with Crippen molar-refractivity contribution in [1.29, 1.82) is 0 Å². The lowest BCUT2D eigenvalue weighted by molar-refractivity contribution is -0.148. The van der Waals surface area contributed by atoms with Crippen molar-refractivity contribution in [3.63, 3.8) is 0 Å². The van der Waals surface area contributed by atoms with Crippen molar-refractivity contribution in [3.05, 3.63) is 35.9 Å². The Bertz CT molecular complexity index is 1310. The van der Waals surface area contributed by atoms with Crippen LogP contribution in [0.5, 0.6) is 0 Å². The van der Waals surface area contributed by atoms with E-state index in [2.05, 4.69) is 10.6 Å². The van der Waals surface area contributed by atoms with Crippen molar-refractivity contribution >= 4 is 29.6 Å². The van der Waals surface area contributed by atoms with Gasteiger partial charge in [0.25, 0.3) is 0 Å². The number of nitrogens with one attached hydrogen (secondary N) is 2. The summed E-state index contributed by atoms with van der Waals surface area (Å²) in [6, 6.07) is 6.37. The van der Waals surface area contributed by atoms with Crippen molar-refractivity contribution in [1.82, 2.24) is 20.4 Å². The van der Waals surface area contributed by atoms with Gasteiger partial charge in [0, 0.05) is 40.2 Å². The van der Waals surface area contributed by atoms with Crippen molar-refractivity contribution in [2.75, 3.05) is 27.8 Å². The number of rotatable bonds is 21. The fourth-order valence-corrected chi connectivity index (χ4v) is 7.61. The summed E-state index contributed by atoms with van der Waals surface area (Å²) in [6.45, 7) is 16.0. The summed E-state index contributed by atoms with van der Waals surface area (Å²) in [5.41, 5.74) is 0.787. The number of methoxy groups -OCH3 is 2. The Morgan fingerprint density at radius 2 is 1.54 bits per heavy atom. The minimum absolute atomic E-state index is 0.00123. The minimum Gasteiger partial charge on any atom is -0.480 e. The van der Waals surface area contributed by atoms with Crippen LogP contribution in [0.4, 0.5) is 0 Å². The van der Waals surface area contributed by atoms with Crippen LogP contribution in [0.3, 0.4) is 0 Å². The Morgan fingerprint density at radius 1 is 0.904 bits per heavy atom. The molecule has 9 atom stereocenters. The first kappa shape index (κ1) is 44.7. The fraction of sp³-hybridized carbons (Fsp3) is 0.725. The van der Waals surface area contributed by atoms with Gasteiger partial charge in [-0.15, -0.1) is 0 Å². The van der Waals surface area contributed by atoms with Crippen LogP contribution in [-0.2, 0) is 39.9 Å². The lowest BCUT2D eigenvalue weighted by atomic mass is 9.89. The van der Waals surface area contributed by atoms with E-state index in [1.807, 2.05) is 78.8 Å². The second-order valence-electron chi connectivity index (χ2n) is 15.2. The molecule has 3 N–H and O–H groups in total. The van der Waals surface area contributed by atoms with Gasteiger partial charge in [-0.2, -0.15) is 0 Å². The van der Waals surface area contributed by atoms with Gasteiger partial charge in [0.15, 0.2) is 0 Å². The number of nitrogens with zero attached hydrogens (tertiary/aromatic N) is 2. The Kier molecular flexibility index (Phi) is 18.3. The van der Waals surface area contributed by atoms with Crippen LogP contribution in [0.25, 0.3) is 0 Å². The van der Waals surface area contributed by atoms with Gasteiger partial charge < -0.3 is 35.0 Å². The largest absolute Gasteiger partial charge is 0.480 e. The van der Waals surface area contributed by atoms with Gasteiger partial charge in [0.1, 0.15) is 12.1 Å². The summed E-state index contributed by atoms with van der Waals surface area (Å²) in [6.07, 6.45) is 1.54. The Morgan fingerprint density at radius 3 is 2.04 bits per heavy atom. The number of hydrogen-bond acceptors (Lipinski definition) is 7. The molecular formula is C40H66N4O8. The third kappa shape index (κ3) is 11.7. The maximum atomic E-state index is 14.1. The van der Waals surface area contributed by atoms with Crippen LogP contribution in [0.2, 0.25) is 0 Å². The first-order valence-electron chi connectivity index (χ1n) is 19.0. The highest BCUT2D eigenvalue weighted by molar-refractivity contribution is 5.89. The SMILES string of the molecule is CC[C@H](C(=O)N[C@H](C(=O)N(C)[C@@H]([C@@H](C)CC)[C@@H](CC(=O)N1CCC[C@H]1[C@H](OC)[C@@H](C)C(=O)N[C@@H](Cc1ccccc1)C(=O)O)OC)C(C)C)C(C)C. The van der Waals surface area contributed by atoms with E-state index in [1.54, 1.807) is 30.9 Å². The third-order valence-electron chi connectivity index (χ3n) is 11.0. The summed E-state index contributed by atoms with van der Waals surface area (Å²) < 4.78 is 11.8. The smallest absolute Gasteiger partial charge is 0.326 e. The zero-order chi connectivity index (χ0) is 39.3. The van der Waals surface area contributed by atoms with E-state index in [1.165, 1.54) is 7.11 Å². The molecule has 1 fully saturated rings. The number of amides is 4. The molecule has 1 heterocycles. The first-order valence-corrected chi connectivity index (χ1v) is 19.0. The second-order valence-corrected chi connectivity index (χ2v) is 15.2. The summed E-state index contributed by atoms with van der Waals surface area (Å²) in [5.74, 6) is -3.16. The van der Waals surface area contributed by atoms with Gasteiger partial charge in [-0.25, -0.2) is 4.79 Å². The molecular weight excluding hydrogens is 664 g/mol. The summed E-state index contributed by atoms with van der Waals surface area (Å²) in [5, 5.41) is 15.6. The molecule has 0 aliphatic carbocycles. The molecule has 0 saturated carbocycles. The van der Waals surface area contributed by atoms with Crippen molar-refractivity contribution in [2.45, 2.75) is 130 Å². The van der Waals surface area contributed by atoms with Crippen molar-refractivity contribution < 1.29 is 38.6 Å². The predicted molar refractivity (Wildman–Crippen MR) is 201 cm³/mol. The van der Waals surface area contributed by atoms with E-state index in [9.17, 15) is 29.1 Å². The molecule has 0 spiro atoms. The molecule has 1 saturated heterocycles. The van der Waals surface area contributed by atoms with E-state index in [-0.39, 0.29) is 54.2 Å². The average molecular weight is 731 g/mol. The summed E-state index contributed by atoms with van der Waals surface area (Å²) in [4.78, 5) is 70.4. The topological polar surface area (TPSA) is 155 Å². The van der Waals surface area contributed by atoms with Crippen LogP contribution in [0.1, 0.15) is 93.1 Å². The first-order chi connectivity index (χ1) is 24.5. The second kappa shape index (κ2) is 21.3. The van der Waals surface area contributed by atoms with Gasteiger partial charge in [-0.05, 0) is 42.6 Å². The summed E-state index contributed by atoms with van der Waals surface area (Å²) in [7, 11) is 4.76. The quantitative estimate of drug-likeness (QED) is 0.167. The molecule has 52 heavy (non-hydrogen) atoms. The average Bonchev–Trinajstić information content (AvgIpc) is 3.59. The van der Waals surface area contributed by atoms with Crippen LogP contribution in [-0.4, -0.2) is 109 Å². The number of benzene rings is 1. The van der Waals surface area contributed by atoms with Gasteiger partial charge in [0.05, 0.1) is 36.6 Å². The van der Waals surface area contributed by atoms with Crippen LogP contribution in [0, 0.1) is 29.6 Å². The van der Waals surface area contributed by atoms with Crippen LogP contribution in [0.15, 0.2) is 30.3 Å². The van der Waals surface area contributed by atoms with Crippen molar-refractivity contribution in [3.8, 4) is 0 Å². The molecule has 0 aromatic heterocycles. The minimum atomic E-state index is -1.14. The monoisotopic (exact) mass is 730 g/mol. The lowest BCUT2D eigenvalue weighted by Gasteiger charge is -2.41. The highest BCUT2D eigenvalue weighted by Crippen LogP contribution is 2.30. The van der Waals surface area contributed by atoms with Gasteiger partial charge in [0.2, 0.25) is 23.6 Å². The predicted octanol–water partition coefficient (Wildman–Crippen LogP) is 4.54. The Labute approximate surface area is 311 Å². The number of likely N-dealkylation sites (N-methyl/N-ethyl adjacent to an activating group) is 1. The zero-order valence-electron chi connectivity index (χ0n) is 33.4. The molecule has 0 radical (unpaired) electrons. The molecule has 294 valence electrons. The number of ether oxygens (including phenoxy) is 2. The Balaban J connectivity index is 2.26. The molecule has 0 bridgehead atoms. The van der Waals surface area contributed by atoms with Crippen LogP contribution < -0.4 is 10.6 Å². The van der Waals surface area contributed by atoms with Crippen molar-refractivity contribution in [2.24, 2.45) is 29.6 Å². The molecule has 1 aliphatic rings. The lowest BCUT2D eigenvalue weighted by Crippen LogP contribution is -2.58. The standard InChI is InChI=1S/C40H66N4O8/c1-12-26(7)35(43(9)39(48)34(25(5)6)42-38(47)29(13-2)24(3)4)32(51-10)23-33(45)44-21-17-20-31(44)36(52-11)27(8)37(46)41-30(40(49)50)22-28-18-15-14-16-19-28/h14-16,18-19,24-27,29-32,34-36H,12-13,17,20-23H2,1-11H3,(H,41,46)(H,42,47)(H,49,50)/t26-,27+,29-,30-,31-,32+,34-,35-,36+/m0/s1. The number of carbonyl (C=O) groups is 5. The molecule has 1 aromatic carbocycles. The Hall–Kier alpha value is -3.51. The number of carboxylic acids is 1. The number of likely N-dealkylation sites (tertiary alicyclic amines) is 1. The number of carbonyl (C=O) groups excluding carboxylic acids is 4. The molecule has 0 unspecified atom stereocenters. The van der Waals surface area contributed by atoms with E-state index in [0.29, 0.717) is 25.8 Å². The number of hydrogen-bond donors (Lipinski definition) is 3. The normalized spacial score (nSPS) is 19.2. The molecule has 2 rings (SSSR count). The molecule has 4 amide bonds. The zero-order valence-corrected chi connectivity index (χ0v) is 33.4. The fourth-order valence-electron chi connectivity index (χ4n) is 7.61. The van der Waals surface area contributed by atoms with Crippen LogP contribution >= 0.6 is 0 Å². The third-order valence-corrected chi connectivity index (χ3v) is 11.0. The highest BCUT2D eigenvalue weighted by atomic mass is 16.5. The number of carboxylic acid groups (broad SMARTS) is 1. The van der Waals surface area contributed by atoms with Gasteiger partial charge >= 0.3 is 5.97 Å². The molecule has 1 aliphatic heterocycles. The van der Waals surface area contributed by atoms with E-state index >= 15 is 0 Å². The van der Waals surface area contributed by atoms with E-state index < -0.39 is 54.2 Å². The maximum absolute atomic E-state index is 14.1. The number of aliphatic carboxylic acids is 1.